The first kappa shape index (κ1) is 12.1. The summed E-state index contributed by atoms with van der Waals surface area (Å²) in [6.07, 6.45) is 4.23. The standard InChI is InChI=1S/C14H18N4O2/c1-3-10-7-18(8-11(10)15-5-1)9-13-16-14(17-20-13)12-4-2-6-19-12/h2,4,6,10-11,15H,1,3,5,7-9H2. The van der Waals surface area contributed by atoms with Crippen molar-refractivity contribution in [3.8, 4) is 11.6 Å². The van der Waals surface area contributed by atoms with Gasteiger partial charge in [-0.3, -0.25) is 4.90 Å². The molecule has 2 aromatic heterocycles. The zero-order valence-corrected chi connectivity index (χ0v) is 11.3. The molecule has 106 valence electrons. The third kappa shape index (κ3) is 2.25. The molecule has 2 unspecified atom stereocenters. The summed E-state index contributed by atoms with van der Waals surface area (Å²) in [5.74, 6) is 2.61. The molecule has 2 aliphatic rings. The maximum atomic E-state index is 5.32. The van der Waals surface area contributed by atoms with E-state index in [-0.39, 0.29) is 0 Å². The Morgan fingerprint density at radius 2 is 2.40 bits per heavy atom. The molecule has 0 radical (unpaired) electrons. The van der Waals surface area contributed by atoms with Gasteiger partial charge in [0.25, 0.3) is 0 Å². The maximum absolute atomic E-state index is 5.32. The fourth-order valence-corrected chi connectivity index (χ4v) is 3.28. The van der Waals surface area contributed by atoms with Crippen molar-refractivity contribution in [3.63, 3.8) is 0 Å². The number of aromatic nitrogens is 2. The van der Waals surface area contributed by atoms with Crippen molar-refractivity contribution >= 4 is 0 Å². The number of furan rings is 1. The molecule has 4 heterocycles. The number of piperidine rings is 1. The monoisotopic (exact) mass is 274 g/mol. The minimum absolute atomic E-state index is 0.528. The molecular formula is C14H18N4O2. The first-order valence-electron chi connectivity index (χ1n) is 7.21. The van der Waals surface area contributed by atoms with Crippen molar-refractivity contribution in [1.29, 1.82) is 0 Å². The smallest absolute Gasteiger partial charge is 0.241 e. The van der Waals surface area contributed by atoms with Crippen LogP contribution in [0.4, 0.5) is 0 Å². The summed E-state index contributed by atoms with van der Waals surface area (Å²) in [5.41, 5.74) is 0. The van der Waals surface area contributed by atoms with Crippen LogP contribution < -0.4 is 5.32 Å². The Hall–Kier alpha value is -1.66. The molecule has 6 heteroatoms. The van der Waals surface area contributed by atoms with Gasteiger partial charge in [0.2, 0.25) is 11.7 Å². The highest BCUT2D eigenvalue weighted by Crippen LogP contribution is 2.26. The van der Waals surface area contributed by atoms with Gasteiger partial charge >= 0.3 is 0 Å². The van der Waals surface area contributed by atoms with Gasteiger partial charge in [-0.05, 0) is 37.4 Å². The van der Waals surface area contributed by atoms with E-state index >= 15 is 0 Å². The molecule has 2 aromatic rings. The van der Waals surface area contributed by atoms with Gasteiger partial charge < -0.3 is 14.3 Å². The van der Waals surface area contributed by atoms with E-state index in [0.29, 0.717) is 23.5 Å². The van der Waals surface area contributed by atoms with E-state index in [1.807, 2.05) is 12.1 Å². The molecule has 4 rings (SSSR count). The van der Waals surface area contributed by atoms with Crippen molar-refractivity contribution in [3.05, 3.63) is 24.3 Å². The van der Waals surface area contributed by atoms with Crippen LogP contribution in [0.25, 0.3) is 11.6 Å². The molecule has 2 aliphatic heterocycles. The fourth-order valence-electron chi connectivity index (χ4n) is 3.28. The second-order valence-corrected chi connectivity index (χ2v) is 5.65. The van der Waals surface area contributed by atoms with Crippen molar-refractivity contribution in [2.24, 2.45) is 5.92 Å². The van der Waals surface area contributed by atoms with Crippen LogP contribution in [-0.4, -0.2) is 40.7 Å². The summed E-state index contributed by atoms with van der Waals surface area (Å²) in [6.45, 7) is 4.07. The molecule has 1 N–H and O–H groups in total. The molecule has 0 amide bonds. The van der Waals surface area contributed by atoms with Crippen LogP contribution in [0, 0.1) is 5.92 Å². The lowest BCUT2D eigenvalue weighted by Gasteiger charge is -2.24. The van der Waals surface area contributed by atoms with Crippen molar-refractivity contribution in [1.82, 2.24) is 20.4 Å². The number of hydrogen-bond acceptors (Lipinski definition) is 6. The molecule has 0 spiro atoms. The van der Waals surface area contributed by atoms with E-state index in [1.165, 1.54) is 12.8 Å². The van der Waals surface area contributed by atoms with Gasteiger partial charge in [0.05, 0.1) is 12.8 Å². The number of likely N-dealkylation sites (tertiary alicyclic amines) is 1. The number of nitrogens with one attached hydrogen (secondary N) is 1. The van der Waals surface area contributed by atoms with Gasteiger partial charge in [-0.1, -0.05) is 5.16 Å². The molecule has 2 atom stereocenters. The fraction of sp³-hybridized carbons (Fsp3) is 0.571. The Morgan fingerprint density at radius 1 is 1.40 bits per heavy atom. The third-order valence-electron chi connectivity index (χ3n) is 4.24. The SMILES string of the molecule is c1coc(-c2noc(CN3CC4CCCNC4C3)n2)c1. The summed E-state index contributed by atoms with van der Waals surface area (Å²) in [4.78, 5) is 6.80. The van der Waals surface area contributed by atoms with Crippen LogP contribution in [0.3, 0.4) is 0 Å². The molecule has 0 saturated carbocycles. The van der Waals surface area contributed by atoms with Crippen LogP contribution in [0.2, 0.25) is 0 Å². The predicted molar refractivity (Wildman–Crippen MR) is 71.8 cm³/mol. The van der Waals surface area contributed by atoms with Crippen LogP contribution in [-0.2, 0) is 6.54 Å². The van der Waals surface area contributed by atoms with Gasteiger partial charge in [0, 0.05) is 19.1 Å². The summed E-state index contributed by atoms with van der Waals surface area (Å²) in [5, 5.41) is 7.57. The van der Waals surface area contributed by atoms with E-state index in [1.54, 1.807) is 6.26 Å². The van der Waals surface area contributed by atoms with Crippen LogP contribution in [0.15, 0.2) is 27.3 Å². The predicted octanol–water partition coefficient (Wildman–Crippen LogP) is 1.51. The van der Waals surface area contributed by atoms with Gasteiger partial charge in [-0.15, -0.1) is 0 Å². The molecule has 2 saturated heterocycles. The van der Waals surface area contributed by atoms with Gasteiger partial charge in [-0.25, -0.2) is 0 Å². The highest BCUT2D eigenvalue weighted by atomic mass is 16.5. The first-order valence-corrected chi connectivity index (χ1v) is 7.21. The van der Waals surface area contributed by atoms with Gasteiger partial charge in [0.15, 0.2) is 5.76 Å². The lowest BCUT2D eigenvalue weighted by molar-refractivity contribution is 0.259. The maximum Gasteiger partial charge on any atom is 0.241 e. The summed E-state index contributed by atoms with van der Waals surface area (Å²) in [6, 6.07) is 4.29. The van der Waals surface area contributed by atoms with E-state index in [9.17, 15) is 0 Å². The topological polar surface area (TPSA) is 67.3 Å². The van der Waals surface area contributed by atoms with Crippen molar-refractivity contribution < 1.29 is 8.94 Å². The Labute approximate surface area is 117 Å². The van der Waals surface area contributed by atoms with E-state index in [0.717, 1.165) is 32.1 Å². The number of hydrogen-bond donors (Lipinski definition) is 1. The Balaban J connectivity index is 1.42. The molecule has 0 aromatic carbocycles. The Bertz CT molecular complexity index is 552. The quantitative estimate of drug-likeness (QED) is 0.915. The van der Waals surface area contributed by atoms with Crippen molar-refractivity contribution in [2.75, 3.05) is 19.6 Å². The first-order chi connectivity index (χ1) is 9.88. The van der Waals surface area contributed by atoms with Gasteiger partial charge in [-0.2, -0.15) is 4.98 Å². The van der Waals surface area contributed by atoms with Crippen LogP contribution >= 0.6 is 0 Å². The summed E-state index contributed by atoms with van der Waals surface area (Å²) >= 11 is 0. The van der Waals surface area contributed by atoms with Crippen molar-refractivity contribution in [2.45, 2.75) is 25.4 Å². The molecule has 0 bridgehead atoms. The molecule has 20 heavy (non-hydrogen) atoms. The van der Waals surface area contributed by atoms with E-state index < -0.39 is 0 Å². The zero-order chi connectivity index (χ0) is 13.4. The normalized spacial score (nSPS) is 26.8. The van der Waals surface area contributed by atoms with E-state index in [4.69, 9.17) is 8.94 Å². The average Bonchev–Trinajstić information content (AvgIpc) is 3.18. The summed E-state index contributed by atoms with van der Waals surface area (Å²) < 4.78 is 10.6. The van der Waals surface area contributed by atoms with Gasteiger partial charge in [0.1, 0.15) is 0 Å². The molecular weight excluding hydrogens is 256 g/mol. The second-order valence-electron chi connectivity index (χ2n) is 5.65. The minimum atomic E-state index is 0.528. The molecule has 0 aliphatic carbocycles. The Morgan fingerprint density at radius 3 is 3.25 bits per heavy atom. The lowest BCUT2D eigenvalue weighted by atomic mass is 9.94. The highest BCUT2D eigenvalue weighted by molar-refractivity contribution is 5.44. The minimum Gasteiger partial charge on any atom is -0.461 e. The highest BCUT2D eigenvalue weighted by Gasteiger charge is 2.34. The lowest BCUT2D eigenvalue weighted by Crippen LogP contribution is -2.40. The van der Waals surface area contributed by atoms with E-state index in [2.05, 4.69) is 20.4 Å². The summed E-state index contributed by atoms with van der Waals surface area (Å²) in [7, 11) is 0. The van der Waals surface area contributed by atoms with Crippen LogP contribution in [0.1, 0.15) is 18.7 Å². The number of nitrogens with zero attached hydrogens (tertiary/aromatic N) is 3. The largest absolute Gasteiger partial charge is 0.461 e. The molecule has 6 nitrogen and oxygen atoms in total. The third-order valence-corrected chi connectivity index (χ3v) is 4.24. The van der Waals surface area contributed by atoms with Crippen LogP contribution in [0.5, 0.6) is 0 Å². The number of fused-ring (bicyclic) bond motifs is 1. The Kier molecular flexibility index (Phi) is 3.05. The second kappa shape index (κ2) is 5.03. The number of rotatable bonds is 3. The average molecular weight is 274 g/mol. The molecule has 2 fully saturated rings. The zero-order valence-electron chi connectivity index (χ0n) is 11.3.